The minimum Gasteiger partial charge on any atom is -0.270 e. The van der Waals surface area contributed by atoms with Crippen molar-refractivity contribution >= 4 is 11.4 Å². The molecule has 4 aromatic rings. The van der Waals surface area contributed by atoms with Gasteiger partial charge in [-0.25, -0.2) is 18.7 Å². The van der Waals surface area contributed by atoms with Gasteiger partial charge in [-0.15, -0.1) is 0 Å². The Balaban J connectivity index is 1.47. The van der Waals surface area contributed by atoms with Gasteiger partial charge in [0.15, 0.2) is 0 Å². The van der Waals surface area contributed by atoms with E-state index in [9.17, 15) is 18.0 Å². The molecular formula is C24H18F3N5O2. The van der Waals surface area contributed by atoms with Crippen LogP contribution in [0.1, 0.15) is 51.8 Å². The maximum absolute atomic E-state index is 13.4. The third-order valence-corrected chi connectivity index (χ3v) is 5.54. The monoisotopic (exact) mass is 465 g/mol. The molecule has 3 aromatic heterocycles. The smallest absolute Gasteiger partial charge is 0.270 e. The molecule has 7 nitrogen and oxygen atoms in total. The van der Waals surface area contributed by atoms with Crippen LogP contribution in [0.25, 0.3) is 5.52 Å². The third kappa shape index (κ3) is 4.02. The lowest BCUT2D eigenvalue weighted by molar-refractivity contribution is -0.0963. The van der Waals surface area contributed by atoms with Gasteiger partial charge in [0, 0.05) is 23.9 Å². The fraction of sp³-hybridized carbons (Fsp3) is 0.208. The number of benzene rings is 1. The highest BCUT2D eigenvalue weighted by atomic mass is 19.3. The zero-order valence-corrected chi connectivity index (χ0v) is 18.0. The fourth-order valence-electron chi connectivity index (χ4n) is 3.91. The Kier molecular flexibility index (Phi) is 5.55. The summed E-state index contributed by atoms with van der Waals surface area (Å²) in [6, 6.07) is 9.08. The normalized spacial score (nSPS) is 15.7. The van der Waals surface area contributed by atoms with Crippen molar-refractivity contribution in [2.24, 2.45) is 0 Å². The molecule has 0 saturated carbocycles. The van der Waals surface area contributed by atoms with Gasteiger partial charge in [0.1, 0.15) is 5.82 Å². The average molecular weight is 465 g/mol. The highest BCUT2D eigenvalue weighted by molar-refractivity contribution is 6.01. The van der Waals surface area contributed by atoms with E-state index in [1.54, 1.807) is 28.8 Å². The molecule has 0 spiro atoms. The lowest BCUT2D eigenvalue weighted by Gasteiger charge is -2.22. The molecule has 0 N–H and O–H groups in total. The molecule has 1 fully saturated rings. The SMILES string of the molecule is Cc1cc(C(=O)N2OCCC2c2ccc(F)cc2)c2cc(C#Cc3cnn(C(F)F)c3)cnn12. The van der Waals surface area contributed by atoms with Crippen LogP contribution in [0.15, 0.2) is 55.0 Å². The van der Waals surface area contributed by atoms with Crippen molar-refractivity contribution in [2.45, 2.75) is 25.9 Å². The highest BCUT2D eigenvalue weighted by Crippen LogP contribution is 2.33. The highest BCUT2D eigenvalue weighted by Gasteiger charge is 2.34. The minimum absolute atomic E-state index is 0.329. The number of carbonyl (C=O) groups excluding carboxylic acids is 1. The summed E-state index contributed by atoms with van der Waals surface area (Å²) in [6.07, 6.45) is 4.53. The number of alkyl halides is 2. The van der Waals surface area contributed by atoms with E-state index in [0.29, 0.717) is 39.9 Å². The van der Waals surface area contributed by atoms with Gasteiger partial charge in [0.05, 0.1) is 41.7 Å². The number of rotatable bonds is 3. The largest absolute Gasteiger partial charge is 0.333 e. The number of hydroxylamine groups is 2. The molecule has 0 aliphatic carbocycles. The van der Waals surface area contributed by atoms with E-state index in [1.165, 1.54) is 29.6 Å². The Morgan fingerprint density at radius 3 is 2.59 bits per heavy atom. The summed E-state index contributed by atoms with van der Waals surface area (Å²) in [6.45, 7) is -0.555. The molecule has 1 aliphatic rings. The van der Waals surface area contributed by atoms with Crippen molar-refractivity contribution in [1.29, 1.82) is 0 Å². The standard InChI is InChI=1S/C24H18F3N5O2/c1-15-10-20(23(33)32-21(8-9-34-32)18-4-6-19(25)7-5-18)22-11-16(12-29-31(15)22)2-3-17-13-28-30(14-17)24(26)27/h4-7,10-14,21,24H,8-9H2,1H3. The van der Waals surface area contributed by atoms with Crippen molar-refractivity contribution in [1.82, 2.24) is 24.5 Å². The van der Waals surface area contributed by atoms with Crippen molar-refractivity contribution in [2.75, 3.05) is 6.61 Å². The average Bonchev–Trinajstić information content (AvgIpc) is 3.57. The summed E-state index contributed by atoms with van der Waals surface area (Å²) in [5, 5.41) is 9.24. The lowest BCUT2D eigenvalue weighted by Crippen LogP contribution is -2.29. The van der Waals surface area contributed by atoms with E-state index in [-0.39, 0.29) is 17.8 Å². The fourth-order valence-corrected chi connectivity index (χ4v) is 3.91. The lowest BCUT2D eigenvalue weighted by atomic mass is 10.0. The second kappa shape index (κ2) is 8.68. The van der Waals surface area contributed by atoms with Crippen molar-refractivity contribution < 1.29 is 22.8 Å². The van der Waals surface area contributed by atoms with Crippen molar-refractivity contribution in [3.63, 3.8) is 0 Å². The first-order valence-corrected chi connectivity index (χ1v) is 10.5. The van der Waals surface area contributed by atoms with Crippen molar-refractivity contribution in [3.8, 4) is 11.8 Å². The molecule has 1 aliphatic heterocycles. The number of nitrogens with zero attached hydrogens (tertiary/aromatic N) is 5. The maximum Gasteiger partial charge on any atom is 0.333 e. The van der Waals surface area contributed by atoms with Crippen LogP contribution in [0.2, 0.25) is 0 Å². The topological polar surface area (TPSA) is 64.7 Å². The first-order chi connectivity index (χ1) is 16.4. The van der Waals surface area contributed by atoms with Crippen LogP contribution >= 0.6 is 0 Å². The number of aromatic nitrogens is 4. The Labute approximate surface area is 192 Å². The number of fused-ring (bicyclic) bond motifs is 1. The van der Waals surface area contributed by atoms with E-state index in [1.807, 2.05) is 6.92 Å². The van der Waals surface area contributed by atoms with Gasteiger partial charge in [-0.05, 0) is 36.8 Å². The molecule has 0 radical (unpaired) electrons. The maximum atomic E-state index is 13.4. The predicted octanol–water partition coefficient (Wildman–Crippen LogP) is 4.29. The van der Waals surface area contributed by atoms with E-state index in [4.69, 9.17) is 4.84 Å². The molecule has 1 atom stereocenters. The zero-order chi connectivity index (χ0) is 23.8. The molecule has 34 heavy (non-hydrogen) atoms. The zero-order valence-electron chi connectivity index (χ0n) is 18.0. The van der Waals surface area contributed by atoms with E-state index in [0.717, 1.165) is 17.5 Å². The molecule has 1 amide bonds. The minimum atomic E-state index is -2.74. The van der Waals surface area contributed by atoms with E-state index >= 15 is 0 Å². The van der Waals surface area contributed by atoms with Crippen LogP contribution < -0.4 is 0 Å². The first-order valence-electron chi connectivity index (χ1n) is 10.5. The molecule has 0 bridgehead atoms. The van der Waals surface area contributed by atoms with Gasteiger partial charge >= 0.3 is 6.55 Å². The number of carbonyl (C=O) groups is 1. The molecule has 4 heterocycles. The summed E-state index contributed by atoms with van der Waals surface area (Å²) in [5.74, 6) is 4.96. The number of aryl methyl sites for hydroxylation is 1. The first kappa shape index (κ1) is 21.7. The summed E-state index contributed by atoms with van der Waals surface area (Å²) in [7, 11) is 0. The number of halogens is 3. The van der Waals surface area contributed by atoms with Crippen LogP contribution in [0.5, 0.6) is 0 Å². The quantitative estimate of drug-likeness (QED) is 0.424. The van der Waals surface area contributed by atoms with Gasteiger partial charge in [-0.1, -0.05) is 24.0 Å². The number of hydrogen-bond acceptors (Lipinski definition) is 4. The number of hydrogen-bond donors (Lipinski definition) is 0. The van der Waals surface area contributed by atoms with E-state index in [2.05, 4.69) is 22.0 Å². The molecule has 1 aromatic carbocycles. The summed E-state index contributed by atoms with van der Waals surface area (Å²) in [4.78, 5) is 19.1. The predicted molar refractivity (Wildman–Crippen MR) is 115 cm³/mol. The second-order valence-corrected chi connectivity index (χ2v) is 7.80. The summed E-state index contributed by atoms with van der Waals surface area (Å²) in [5.41, 5.74) is 3.27. The van der Waals surface area contributed by atoms with Gasteiger partial charge in [0.2, 0.25) is 0 Å². The van der Waals surface area contributed by atoms with Crippen molar-refractivity contribution in [3.05, 3.63) is 88.8 Å². The summed E-state index contributed by atoms with van der Waals surface area (Å²) < 4.78 is 40.9. The van der Waals surface area contributed by atoms with Gasteiger partial charge in [-0.3, -0.25) is 9.63 Å². The van der Waals surface area contributed by atoms with Crippen LogP contribution in [-0.2, 0) is 4.84 Å². The molecular weight excluding hydrogens is 447 g/mol. The summed E-state index contributed by atoms with van der Waals surface area (Å²) >= 11 is 0. The Morgan fingerprint density at radius 1 is 1.12 bits per heavy atom. The van der Waals surface area contributed by atoms with Crippen LogP contribution in [-0.4, -0.2) is 37.0 Å². The van der Waals surface area contributed by atoms with Gasteiger partial charge in [-0.2, -0.15) is 19.0 Å². The Bertz CT molecular complexity index is 1430. The van der Waals surface area contributed by atoms with Crippen LogP contribution in [0.4, 0.5) is 13.2 Å². The van der Waals surface area contributed by atoms with E-state index < -0.39 is 6.55 Å². The molecule has 10 heteroatoms. The molecule has 1 unspecified atom stereocenters. The van der Waals surface area contributed by atoms with Crippen LogP contribution in [0, 0.1) is 24.6 Å². The number of amides is 1. The molecule has 1 saturated heterocycles. The molecule has 172 valence electrons. The second-order valence-electron chi connectivity index (χ2n) is 7.80. The van der Waals surface area contributed by atoms with Crippen LogP contribution in [0.3, 0.4) is 0 Å². The van der Waals surface area contributed by atoms with Gasteiger partial charge < -0.3 is 0 Å². The molecule has 5 rings (SSSR count). The Hall–Kier alpha value is -4.10. The third-order valence-electron chi connectivity index (χ3n) is 5.54. The Morgan fingerprint density at radius 2 is 1.85 bits per heavy atom. The van der Waals surface area contributed by atoms with Gasteiger partial charge in [0.25, 0.3) is 5.91 Å².